The van der Waals surface area contributed by atoms with E-state index in [2.05, 4.69) is 13.8 Å². The van der Waals surface area contributed by atoms with Crippen LogP contribution in [0.25, 0.3) is 0 Å². The number of rotatable bonds is 6. The molecule has 0 saturated carbocycles. The SMILES string of the molecule is CCCC[C@@H]1O[C@]1(CC)[S@](=O)c1ccc(C)cc1. The smallest absolute Gasteiger partial charge is 0.173 e. The molecule has 2 nitrogen and oxygen atoms in total. The van der Waals surface area contributed by atoms with Gasteiger partial charge in [-0.3, -0.25) is 4.21 Å². The molecule has 0 spiro atoms. The van der Waals surface area contributed by atoms with Gasteiger partial charge in [0.1, 0.15) is 6.10 Å². The second-order valence-corrected chi connectivity index (χ2v) is 6.70. The molecule has 0 bridgehead atoms. The largest absolute Gasteiger partial charge is 0.351 e. The van der Waals surface area contributed by atoms with Crippen LogP contribution in [-0.2, 0) is 15.5 Å². The summed E-state index contributed by atoms with van der Waals surface area (Å²) >= 11 is 0. The molecule has 3 atom stereocenters. The Kier molecular flexibility index (Phi) is 4.23. The van der Waals surface area contributed by atoms with Crippen LogP contribution in [-0.4, -0.2) is 15.2 Å². The predicted octanol–water partition coefficient (Wildman–Crippen LogP) is 3.80. The van der Waals surface area contributed by atoms with E-state index < -0.39 is 15.7 Å². The molecule has 0 unspecified atom stereocenters. The van der Waals surface area contributed by atoms with Crippen LogP contribution in [0, 0.1) is 6.92 Å². The van der Waals surface area contributed by atoms with Crippen molar-refractivity contribution in [2.45, 2.75) is 62.4 Å². The van der Waals surface area contributed by atoms with Crippen LogP contribution >= 0.6 is 0 Å². The minimum atomic E-state index is -1.05. The van der Waals surface area contributed by atoms with Crippen molar-refractivity contribution in [3.63, 3.8) is 0 Å². The fourth-order valence-corrected chi connectivity index (χ4v) is 3.95. The Hall–Kier alpha value is -0.670. The molecule has 1 fully saturated rings. The fraction of sp³-hybridized carbons (Fsp3) is 0.600. The van der Waals surface area contributed by atoms with Gasteiger partial charge >= 0.3 is 0 Å². The molecular weight excluding hydrogens is 244 g/mol. The molecule has 1 aromatic rings. The fourth-order valence-electron chi connectivity index (χ4n) is 2.34. The van der Waals surface area contributed by atoms with Crippen molar-refractivity contribution in [1.82, 2.24) is 0 Å². The van der Waals surface area contributed by atoms with Gasteiger partial charge in [-0.15, -0.1) is 0 Å². The molecule has 1 aliphatic heterocycles. The highest BCUT2D eigenvalue weighted by atomic mass is 32.2. The molecule has 1 aromatic carbocycles. The molecule has 0 aromatic heterocycles. The van der Waals surface area contributed by atoms with Crippen molar-refractivity contribution < 1.29 is 8.95 Å². The van der Waals surface area contributed by atoms with Gasteiger partial charge in [-0.05, 0) is 31.9 Å². The second-order valence-electron chi connectivity index (χ2n) is 5.00. The first kappa shape index (κ1) is 13.8. The third-order valence-corrected chi connectivity index (χ3v) is 5.61. The summed E-state index contributed by atoms with van der Waals surface area (Å²) in [6.45, 7) is 6.28. The minimum Gasteiger partial charge on any atom is -0.351 e. The maximum atomic E-state index is 12.6. The molecule has 18 heavy (non-hydrogen) atoms. The summed E-state index contributed by atoms with van der Waals surface area (Å²) in [5.74, 6) is 0. The number of aryl methyl sites for hydroxylation is 1. The molecule has 1 aliphatic rings. The summed E-state index contributed by atoms with van der Waals surface area (Å²) in [5.41, 5.74) is 1.19. The lowest BCUT2D eigenvalue weighted by atomic mass is 10.1. The zero-order valence-electron chi connectivity index (χ0n) is 11.4. The zero-order valence-corrected chi connectivity index (χ0v) is 12.3. The lowest BCUT2D eigenvalue weighted by molar-refractivity contribution is 0.338. The highest BCUT2D eigenvalue weighted by Gasteiger charge is 2.59. The van der Waals surface area contributed by atoms with Crippen molar-refractivity contribution in [2.75, 3.05) is 0 Å². The van der Waals surface area contributed by atoms with Crippen molar-refractivity contribution in [3.8, 4) is 0 Å². The molecule has 0 amide bonds. The van der Waals surface area contributed by atoms with Gasteiger partial charge in [0, 0.05) is 4.90 Å². The third kappa shape index (κ3) is 2.52. The van der Waals surface area contributed by atoms with Crippen LogP contribution in [0.15, 0.2) is 29.2 Å². The molecule has 100 valence electrons. The summed E-state index contributed by atoms with van der Waals surface area (Å²) in [6, 6.07) is 7.95. The first-order chi connectivity index (χ1) is 8.64. The van der Waals surface area contributed by atoms with Gasteiger partial charge in [0.05, 0.1) is 10.8 Å². The molecular formula is C15H22O2S. The predicted molar refractivity (Wildman–Crippen MR) is 75.0 cm³/mol. The Bertz CT molecular complexity index is 427. The lowest BCUT2D eigenvalue weighted by Gasteiger charge is -2.10. The van der Waals surface area contributed by atoms with Gasteiger partial charge in [0.15, 0.2) is 4.93 Å². The summed E-state index contributed by atoms with van der Waals surface area (Å²) in [4.78, 5) is 0.478. The maximum absolute atomic E-state index is 12.6. The lowest BCUT2D eigenvalue weighted by Crippen LogP contribution is -2.21. The van der Waals surface area contributed by atoms with Gasteiger partial charge in [0.25, 0.3) is 0 Å². The van der Waals surface area contributed by atoms with Crippen molar-refractivity contribution in [1.29, 1.82) is 0 Å². The summed E-state index contributed by atoms with van der Waals surface area (Å²) in [5, 5.41) is 0. The molecule has 0 aliphatic carbocycles. The van der Waals surface area contributed by atoms with E-state index in [0.29, 0.717) is 0 Å². The Morgan fingerprint density at radius 2 is 1.94 bits per heavy atom. The molecule has 1 heterocycles. The quantitative estimate of drug-likeness (QED) is 0.733. The first-order valence-electron chi connectivity index (χ1n) is 6.80. The van der Waals surface area contributed by atoms with Crippen LogP contribution < -0.4 is 0 Å². The zero-order chi connectivity index (χ0) is 13.2. The number of benzene rings is 1. The third-order valence-electron chi connectivity index (χ3n) is 3.64. The Morgan fingerprint density at radius 3 is 2.50 bits per heavy atom. The minimum absolute atomic E-state index is 0.185. The van der Waals surface area contributed by atoms with E-state index >= 15 is 0 Å². The van der Waals surface area contributed by atoms with Gasteiger partial charge in [-0.25, -0.2) is 0 Å². The standard InChI is InChI=1S/C15H22O2S/c1-4-6-7-14-15(5-2,17-14)18(16)13-10-8-12(3)9-11-13/h8-11,14H,4-7H2,1-3H3/t14-,15+,18+/m0/s1. The van der Waals surface area contributed by atoms with E-state index in [1.807, 2.05) is 31.2 Å². The summed E-state index contributed by atoms with van der Waals surface area (Å²) in [7, 11) is -1.05. The van der Waals surface area contributed by atoms with Crippen molar-refractivity contribution in [3.05, 3.63) is 29.8 Å². The monoisotopic (exact) mass is 266 g/mol. The second kappa shape index (κ2) is 5.54. The Labute approximate surface area is 112 Å². The molecule has 3 heteroatoms. The van der Waals surface area contributed by atoms with Crippen molar-refractivity contribution in [2.24, 2.45) is 0 Å². The summed E-state index contributed by atoms with van der Waals surface area (Å²) in [6.07, 6.45) is 4.35. The van der Waals surface area contributed by atoms with Crippen LogP contribution in [0.1, 0.15) is 45.1 Å². The number of hydrogen-bond donors (Lipinski definition) is 0. The van der Waals surface area contributed by atoms with E-state index in [1.165, 1.54) is 5.56 Å². The maximum Gasteiger partial charge on any atom is 0.173 e. The van der Waals surface area contributed by atoms with E-state index in [4.69, 9.17) is 4.74 Å². The van der Waals surface area contributed by atoms with Gasteiger partial charge < -0.3 is 4.74 Å². The molecule has 0 radical (unpaired) electrons. The molecule has 2 rings (SSSR count). The topological polar surface area (TPSA) is 29.6 Å². The van der Waals surface area contributed by atoms with E-state index in [0.717, 1.165) is 30.6 Å². The van der Waals surface area contributed by atoms with Gasteiger partial charge in [-0.1, -0.05) is 44.4 Å². The normalized spacial score (nSPS) is 28.1. The number of hydrogen-bond acceptors (Lipinski definition) is 2. The van der Waals surface area contributed by atoms with E-state index in [9.17, 15) is 4.21 Å². The van der Waals surface area contributed by atoms with E-state index in [-0.39, 0.29) is 6.10 Å². The van der Waals surface area contributed by atoms with Gasteiger partial charge in [-0.2, -0.15) is 0 Å². The summed E-state index contributed by atoms with van der Waals surface area (Å²) < 4.78 is 18.4. The number of ether oxygens (including phenoxy) is 1. The average Bonchev–Trinajstić information content (AvgIpc) is 3.11. The van der Waals surface area contributed by atoms with Crippen molar-refractivity contribution >= 4 is 10.8 Å². The Morgan fingerprint density at radius 1 is 1.28 bits per heavy atom. The van der Waals surface area contributed by atoms with Crippen LogP contribution in [0.2, 0.25) is 0 Å². The highest BCUT2D eigenvalue weighted by Crippen LogP contribution is 2.47. The van der Waals surface area contributed by atoms with Gasteiger partial charge in [0.2, 0.25) is 0 Å². The molecule has 1 saturated heterocycles. The average molecular weight is 266 g/mol. The van der Waals surface area contributed by atoms with Crippen LogP contribution in [0.4, 0.5) is 0 Å². The highest BCUT2D eigenvalue weighted by molar-refractivity contribution is 7.86. The number of epoxide rings is 1. The molecule has 0 N–H and O–H groups in total. The van der Waals surface area contributed by atoms with E-state index in [1.54, 1.807) is 0 Å². The van der Waals surface area contributed by atoms with Crippen LogP contribution in [0.3, 0.4) is 0 Å². The Balaban J connectivity index is 2.10. The first-order valence-corrected chi connectivity index (χ1v) is 7.95. The number of unbranched alkanes of at least 4 members (excludes halogenated alkanes) is 1. The van der Waals surface area contributed by atoms with Crippen LogP contribution in [0.5, 0.6) is 0 Å².